The molecule has 1 aromatic heterocycles. The Kier molecular flexibility index (Phi) is 6.72. The second-order valence-corrected chi connectivity index (χ2v) is 7.80. The van der Waals surface area contributed by atoms with E-state index in [2.05, 4.69) is 4.98 Å². The SMILES string of the molecule is Cl.N[C@@H](CSSc1nccn1C1Cc2ccc(F)c(F)c2C1)C(=O)O. The van der Waals surface area contributed by atoms with Crippen LogP contribution in [0.4, 0.5) is 8.78 Å². The fourth-order valence-corrected chi connectivity index (χ4v) is 4.89. The molecule has 25 heavy (non-hydrogen) atoms. The van der Waals surface area contributed by atoms with Crippen LogP contribution in [0.1, 0.15) is 17.2 Å². The highest BCUT2D eigenvalue weighted by Crippen LogP contribution is 2.37. The van der Waals surface area contributed by atoms with Crippen molar-refractivity contribution in [3.63, 3.8) is 0 Å². The number of rotatable bonds is 6. The number of carboxylic acids is 1. The Morgan fingerprint density at radius 3 is 2.92 bits per heavy atom. The number of carboxylic acid groups (broad SMARTS) is 1. The minimum atomic E-state index is -1.05. The second-order valence-electron chi connectivity index (χ2n) is 5.49. The van der Waals surface area contributed by atoms with Gasteiger partial charge >= 0.3 is 5.97 Å². The maximum atomic E-state index is 13.9. The van der Waals surface area contributed by atoms with Gasteiger partial charge < -0.3 is 15.4 Å². The largest absolute Gasteiger partial charge is 0.480 e. The average molecular weight is 408 g/mol. The number of benzene rings is 1. The lowest BCUT2D eigenvalue weighted by molar-refractivity contribution is -0.137. The summed E-state index contributed by atoms with van der Waals surface area (Å²) in [5.41, 5.74) is 6.70. The first-order valence-corrected chi connectivity index (χ1v) is 9.55. The van der Waals surface area contributed by atoms with E-state index in [0.717, 1.165) is 11.6 Å². The maximum absolute atomic E-state index is 13.9. The third-order valence-electron chi connectivity index (χ3n) is 3.91. The number of aliphatic carboxylic acids is 1. The lowest BCUT2D eigenvalue weighted by Gasteiger charge is -2.14. The number of halogens is 3. The van der Waals surface area contributed by atoms with E-state index in [1.165, 1.54) is 21.6 Å². The molecule has 3 N–H and O–H groups in total. The Bertz CT molecular complexity index is 775. The second kappa shape index (κ2) is 8.39. The molecule has 0 aliphatic heterocycles. The van der Waals surface area contributed by atoms with Gasteiger partial charge in [-0.05, 0) is 40.8 Å². The van der Waals surface area contributed by atoms with Crippen molar-refractivity contribution < 1.29 is 18.7 Å². The Balaban J connectivity index is 0.00000225. The van der Waals surface area contributed by atoms with Gasteiger partial charge in [0, 0.05) is 24.2 Å². The summed E-state index contributed by atoms with van der Waals surface area (Å²) in [7, 11) is 2.63. The van der Waals surface area contributed by atoms with E-state index < -0.39 is 23.6 Å². The molecular weight excluding hydrogens is 392 g/mol. The van der Waals surface area contributed by atoms with Crippen molar-refractivity contribution in [1.82, 2.24) is 9.55 Å². The molecule has 0 bridgehead atoms. The summed E-state index contributed by atoms with van der Waals surface area (Å²) in [6, 6.07) is 1.82. The number of nitrogens with two attached hydrogens (primary N) is 1. The number of hydrogen-bond acceptors (Lipinski definition) is 5. The van der Waals surface area contributed by atoms with Crippen molar-refractivity contribution in [2.75, 3.05) is 5.75 Å². The van der Waals surface area contributed by atoms with Gasteiger partial charge in [-0.3, -0.25) is 4.79 Å². The molecule has 2 atom stereocenters. The normalized spacial score (nSPS) is 17.0. The summed E-state index contributed by atoms with van der Waals surface area (Å²) < 4.78 is 29.2. The van der Waals surface area contributed by atoms with Crippen molar-refractivity contribution in [2.45, 2.75) is 30.1 Å². The highest BCUT2D eigenvalue weighted by atomic mass is 35.5. The van der Waals surface area contributed by atoms with E-state index in [4.69, 9.17) is 10.8 Å². The molecule has 1 heterocycles. The number of hydrogen-bond donors (Lipinski definition) is 2. The smallest absolute Gasteiger partial charge is 0.321 e. The van der Waals surface area contributed by atoms with Crippen molar-refractivity contribution in [3.05, 3.63) is 47.3 Å². The van der Waals surface area contributed by atoms with Gasteiger partial charge in [0.05, 0.1) is 0 Å². The zero-order chi connectivity index (χ0) is 17.3. The van der Waals surface area contributed by atoms with E-state index >= 15 is 0 Å². The molecular formula is C15H16ClF2N3O2S2. The third kappa shape index (κ3) is 4.28. The predicted molar refractivity (Wildman–Crippen MR) is 96.2 cm³/mol. The summed E-state index contributed by atoms with van der Waals surface area (Å²) in [6.45, 7) is 0. The molecule has 5 nitrogen and oxygen atoms in total. The third-order valence-corrected chi connectivity index (χ3v) is 6.20. The molecule has 10 heteroatoms. The summed E-state index contributed by atoms with van der Waals surface area (Å²) in [5.74, 6) is -2.40. The Morgan fingerprint density at radius 1 is 1.44 bits per heavy atom. The Hall–Kier alpha value is -1.29. The molecule has 1 aliphatic rings. The summed E-state index contributed by atoms with van der Waals surface area (Å²) >= 11 is 0. The molecule has 0 fully saturated rings. The van der Waals surface area contributed by atoms with E-state index in [9.17, 15) is 13.6 Å². The minimum absolute atomic E-state index is 0. The summed E-state index contributed by atoms with van der Waals surface area (Å²) in [4.78, 5) is 15.0. The lowest BCUT2D eigenvalue weighted by atomic mass is 10.1. The molecule has 1 aromatic carbocycles. The zero-order valence-corrected chi connectivity index (χ0v) is 15.3. The molecule has 0 radical (unpaired) electrons. The van der Waals surface area contributed by atoms with Gasteiger partial charge in [0.2, 0.25) is 0 Å². The minimum Gasteiger partial charge on any atom is -0.480 e. The molecule has 3 rings (SSSR count). The predicted octanol–water partition coefficient (Wildman–Crippen LogP) is 3.08. The van der Waals surface area contributed by atoms with Crippen LogP contribution >= 0.6 is 34.0 Å². The van der Waals surface area contributed by atoms with Crippen LogP contribution in [0, 0.1) is 11.6 Å². The molecule has 0 saturated heterocycles. The van der Waals surface area contributed by atoms with Crippen molar-refractivity contribution in [1.29, 1.82) is 0 Å². The first-order valence-electron chi connectivity index (χ1n) is 7.23. The van der Waals surface area contributed by atoms with Crippen molar-refractivity contribution >= 4 is 40.0 Å². The van der Waals surface area contributed by atoms with Gasteiger partial charge in [0.1, 0.15) is 6.04 Å². The number of carbonyl (C=O) groups is 1. The molecule has 2 aromatic rings. The topological polar surface area (TPSA) is 81.1 Å². The highest BCUT2D eigenvalue weighted by Gasteiger charge is 2.28. The average Bonchev–Trinajstić information content (AvgIpc) is 3.17. The van der Waals surface area contributed by atoms with Crippen LogP contribution < -0.4 is 5.73 Å². The number of nitrogens with zero attached hydrogens (tertiary/aromatic N) is 2. The summed E-state index contributed by atoms with van der Waals surface area (Å²) in [5, 5.41) is 9.47. The Labute approximate surface area is 157 Å². The number of imidazole rings is 1. The first kappa shape index (κ1) is 20.0. The van der Waals surface area contributed by atoms with Gasteiger partial charge in [0.15, 0.2) is 16.8 Å². The molecule has 1 unspecified atom stereocenters. The van der Waals surface area contributed by atoms with Crippen LogP contribution in [0.5, 0.6) is 0 Å². The zero-order valence-electron chi connectivity index (χ0n) is 12.9. The monoisotopic (exact) mass is 407 g/mol. The van der Waals surface area contributed by atoms with E-state index in [-0.39, 0.29) is 24.2 Å². The van der Waals surface area contributed by atoms with Crippen LogP contribution in [-0.2, 0) is 17.6 Å². The van der Waals surface area contributed by atoms with Crippen molar-refractivity contribution in [3.8, 4) is 0 Å². The van der Waals surface area contributed by atoms with Crippen LogP contribution in [0.2, 0.25) is 0 Å². The van der Waals surface area contributed by atoms with Gasteiger partial charge in [0.25, 0.3) is 0 Å². The van der Waals surface area contributed by atoms with Crippen molar-refractivity contribution in [2.24, 2.45) is 5.73 Å². The molecule has 0 spiro atoms. The van der Waals surface area contributed by atoms with Crippen LogP contribution in [0.3, 0.4) is 0 Å². The van der Waals surface area contributed by atoms with Gasteiger partial charge in [-0.2, -0.15) is 0 Å². The molecule has 0 amide bonds. The van der Waals surface area contributed by atoms with Crippen LogP contribution in [0.25, 0.3) is 0 Å². The van der Waals surface area contributed by atoms with Gasteiger partial charge in [-0.1, -0.05) is 16.9 Å². The number of fused-ring (bicyclic) bond motifs is 1. The Morgan fingerprint density at radius 2 is 2.20 bits per heavy atom. The fraction of sp³-hybridized carbons (Fsp3) is 0.333. The fourth-order valence-electron chi connectivity index (χ4n) is 2.68. The van der Waals surface area contributed by atoms with E-state index in [1.54, 1.807) is 18.5 Å². The van der Waals surface area contributed by atoms with Crippen LogP contribution in [0.15, 0.2) is 29.7 Å². The quantitative estimate of drug-likeness (QED) is 0.716. The summed E-state index contributed by atoms with van der Waals surface area (Å²) in [6.07, 6.45) is 4.45. The standard InChI is InChI=1S/C15H15F2N3O2S2.ClH/c16-11-2-1-8-5-9(6-10(8)13(11)17)20-4-3-19-15(20)24-23-7-12(18)14(21)22;/h1-4,9,12H,5-7,18H2,(H,21,22);1H/t9?,12-;/m0./s1. The number of aromatic nitrogens is 2. The van der Waals surface area contributed by atoms with Crippen LogP contribution in [-0.4, -0.2) is 32.4 Å². The van der Waals surface area contributed by atoms with Gasteiger partial charge in [-0.25, -0.2) is 13.8 Å². The highest BCUT2D eigenvalue weighted by molar-refractivity contribution is 8.76. The van der Waals surface area contributed by atoms with E-state index in [1.807, 2.05) is 4.57 Å². The van der Waals surface area contributed by atoms with E-state index in [0.29, 0.717) is 23.6 Å². The lowest BCUT2D eigenvalue weighted by Crippen LogP contribution is -2.32. The molecule has 1 aliphatic carbocycles. The van der Waals surface area contributed by atoms with Gasteiger partial charge in [-0.15, -0.1) is 12.4 Å². The molecule has 136 valence electrons. The first-order chi connectivity index (χ1) is 11.5. The molecule has 0 saturated carbocycles. The maximum Gasteiger partial charge on any atom is 0.321 e.